The van der Waals surface area contributed by atoms with Crippen molar-refractivity contribution in [2.24, 2.45) is 0 Å². The number of non-ortho nitro benzene ring substituents is 1. The molecule has 0 aliphatic carbocycles. The van der Waals surface area contributed by atoms with Crippen LogP contribution in [-0.2, 0) is 10.0 Å². The molecule has 0 amide bonds. The molecule has 0 aliphatic heterocycles. The quantitative estimate of drug-likeness (QED) is 0.497. The second kappa shape index (κ2) is 7.92. The Kier molecular flexibility index (Phi) is 5.58. The number of benzene rings is 3. The van der Waals surface area contributed by atoms with E-state index in [0.717, 1.165) is 22.8 Å². The van der Waals surface area contributed by atoms with Crippen molar-refractivity contribution < 1.29 is 13.3 Å². The molecule has 144 valence electrons. The molecule has 1 N–H and O–H groups in total. The van der Waals surface area contributed by atoms with Gasteiger partial charge in [0.25, 0.3) is 5.69 Å². The Morgan fingerprint density at radius 1 is 0.893 bits per heavy atom. The second-order valence-corrected chi connectivity index (χ2v) is 8.26. The number of hydrogen-bond donors (Lipinski definition) is 1. The molecule has 3 aromatic carbocycles. The van der Waals surface area contributed by atoms with Gasteiger partial charge in [0.05, 0.1) is 15.9 Å². The SMILES string of the molecule is Cc1ccc([C@H](NS(=O)(=O)c2cc([N+](=O)[O-])ccc2C)c2ccccc2)cc1. The Morgan fingerprint density at radius 2 is 1.50 bits per heavy atom. The largest absolute Gasteiger partial charge is 0.270 e. The monoisotopic (exact) mass is 396 g/mol. The van der Waals surface area contributed by atoms with Crippen molar-refractivity contribution in [1.29, 1.82) is 0 Å². The van der Waals surface area contributed by atoms with Crippen molar-refractivity contribution in [2.75, 3.05) is 0 Å². The lowest BCUT2D eigenvalue weighted by Gasteiger charge is -2.21. The summed E-state index contributed by atoms with van der Waals surface area (Å²) in [5.74, 6) is 0. The zero-order valence-corrected chi connectivity index (χ0v) is 16.3. The summed E-state index contributed by atoms with van der Waals surface area (Å²) in [4.78, 5) is 10.4. The number of sulfonamides is 1. The molecule has 0 fully saturated rings. The fourth-order valence-electron chi connectivity index (χ4n) is 2.94. The first-order valence-corrected chi connectivity index (χ1v) is 10.1. The van der Waals surface area contributed by atoms with Crippen LogP contribution in [0.15, 0.2) is 77.7 Å². The minimum Gasteiger partial charge on any atom is -0.258 e. The van der Waals surface area contributed by atoms with Crippen molar-refractivity contribution in [2.45, 2.75) is 24.8 Å². The van der Waals surface area contributed by atoms with Crippen LogP contribution in [-0.4, -0.2) is 13.3 Å². The molecule has 0 saturated heterocycles. The van der Waals surface area contributed by atoms with Crippen LogP contribution in [0, 0.1) is 24.0 Å². The van der Waals surface area contributed by atoms with Gasteiger partial charge in [0.2, 0.25) is 10.0 Å². The number of rotatable bonds is 6. The summed E-state index contributed by atoms with van der Waals surface area (Å²) in [6, 6.07) is 20.0. The lowest BCUT2D eigenvalue weighted by molar-refractivity contribution is -0.385. The van der Waals surface area contributed by atoms with Crippen LogP contribution >= 0.6 is 0 Å². The van der Waals surface area contributed by atoms with E-state index >= 15 is 0 Å². The molecule has 7 heteroatoms. The minimum absolute atomic E-state index is 0.102. The van der Waals surface area contributed by atoms with Crippen LogP contribution in [0.3, 0.4) is 0 Å². The number of aryl methyl sites for hydroxylation is 2. The average Bonchev–Trinajstić information content (AvgIpc) is 2.67. The maximum Gasteiger partial charge on any atom is 0.270 e. The average molecular weight is 396 g/mol. The highest BCUT2D eigenvalue weighted by atomic mass is 32.2. The van der Waals surface area contributed by atoms with Gasteiger partial charge in [-0.2, -0.15) is 4.72 Å². The Hall–Kier alpha value is -3.03. The van der Waals surface area contributed by atoms with E-state index in [-0.39, 0.29) is 10.6 Å². The van der Waals surface area contributed by atoms with Gasteiger partial charge >= 0.3 is 0 Å². The third-order valence-electron chi connectivity index (χ3n) is 4.49. The van der Waals surface area contributed by atoms with E-state index in [4.69, 9.17) is 0 Å². The van der Waals surface area contributed by atoms with Crippen LogP contribution < -0.4 is 4.72 Å². The normalized spacial score (nSPS) is 12.5. The molecule has 28 heavy (non-hydrogen) atoms. The number of nitrogens with one attached hydrogen (secondary N) is 1. The molecule has 0 heterocycles. The van der Waals surface area contributed by atoms with E-state index in [1.165, 1.54) is 12.1 Å². The molecule has 0 saturated carbocycles. The molecular formula is C21H20N2O4S. The Balaban J connectivity index is 2.06. The van der Waals surface area contributed by atoms with Gasteiger partial charge in [-0.15, -0.1) is 0 Å². The highest BCUT2D eigenvalue weighted by Crippen LogP contribution is 2.27. The molecule has 0 aliphatic rings. The highest BCUT2D eigenvalue weighted by Gasteiger charge is 2.26. The Bertz CT molecular complexity index is 1100. The van der Waals surface area contributed by atoms with Gasteiger partial charge in [0.15, 0.2) is 0 Å². The highest BCUT2D eigenvalue weighted by molar-refractivity contribution is 7.89. The maximum absolute atomic E-state index is 13.1. The smallest absolute Gasteiger partial charge is 0.258 e. The first-order valence-electron chi connectivity index (χ1n) is 8.67. The minimum atomic E-state index is -4.01. The summed E-state index contributed by atoms with van der Waals surface area (Å²) in [6.07, 6.45) is 0. The van der Waals surface area contributed by atoms with Crippen molar-refractivity contribution in [3.63, 3.8) is 0 Å². The fraction of sp³-hybridized carbons (Fsp3) is 0.143. The van der Waals surface area contributed by atoms with Crippen LogP contribution in [0.2, 0.25) is 0 Å². The van der Waals surface area contributed by atoms with Crippen LogP contribution in [0.1, 0.15) is 28.3 Å². The molecule has 0 unspecified atom stereocenters. The standard InChI is InChI=1S/C21H20N2O4S/c1-15-8-11-18(12-9-15)21(17-6-4-3-5-7-17)22-28(26,27)20-14-19(23(24)25)13-10-16(20)2/h3-14,21-22H,1-2H3/t21-/m1/s1. The molecule has 1 atom stereocenters. The fourth-order valence-corrected chi connectivity index (χ4v) is 4.42. The summed E-state index contributed by atoms with van der Waals surface area (Å²) in [5.41, 5.74) is 2.79. The zero-order valence-electron chi connectivity index (χ0n) is 15.5. The maximum atomic E-state index is 13.1. The number of nitro groups is 1. The molecule has 3 rings (SSSR count). The van der Waals surface area contributed by atoms with E-state index in [9.17, 15) is 18.5 Å². The predicted octanol–water partition coefficient (Wildman–Crippen LogP) is 4.28. The number of nitro benzene ring substituents is 1. The molecule has 0 bridgehead atoms. The molecule has 0 aromatic heterocycles. The van der Waals surface area contributed by atoms with Crippen molar-refractivity contribution in [3.05, 3.63) is 105 Å². The van der Waals surface area contributed by atoms with Gasteiger partial charge in [-0.1, -0.05) is 66.2 Å². The van der Waals surface area contributed by atoms with Gasteiger partial charge < -0.3 is 0 Å². The summed E-state index contributed by atoms with van der Waals surface area (Å²) in [7, 11) is -4.01. The summed E-state index contributed by atoms with van der Waals surface area (Å²) >= 11 is 0. The van der Waals surface area contributed by atoms with Crippen molar-refractivity contribution >= 4 is 15.7 Å². The van der Waals surface area contributed by atoms with E-state index in [0.29, 0.717) is 5.56 Å². The second-order valence-electron chi connectivity index (χ2n) is 6.58. The van der Waals surface area contributed by atoms with Gasteiger partial charge in [-0.05, 0) is 30.5 Å². The summed E-state index contributed by atoms with van der Waals surface area (Å²) in [6.45, 7) is 3.57. The van der Waals surface area contributed by atoms with Crippen molar-refractivity contribution in [3.8, 4) is 0 Å². The molecular weight excluding hydrogens is 376 g/mol. The lowest BCUT2D eigenvalue weighted by atomic mass is 9.99. The van der Waals surface area contributed by atoms with Gasteiger partial charge in [0.1, 0.15) is 0 Å². The van der Waals surface area contributed by atoms with E-state index in [1.54, 1.807) is 6.92 Å². The predicted molar refractivity (Wildman–Crippen MR) is 108 cm³/mol. The van der Waals surface area contributed by atoms with Crippen LogP contribution in [0.4, 0.5) is 5.69 Å². The zero-order chi connectivity index (χ0) is 20.3. The van der Waals surface area contributed by atoms with Gasteiger partial charge in [-0.3, -0.25) is 10.1 Å². The first-order chi connectivity index (χ1) is 13.3. The van der Waals surface area contributed by atoms with E-state index in [1.807, 2.05) is 61.5 Å². The van der Waals surface area contributed by atoms with Gasteiger partial charge in [0, 0.05) is 12.1 Å². The lowest BCUT2D eigenvalue weighted by Crippen LogP contribution is -2.30. The van der Waals surface area contributed by atoms with E-state index < -0.39 is 21.0 Å². The van der Waals surface area contributed by atoms with Crippen molar-refractivity contribution in [1.82, 2.24) is 4.72 Å². The Labute approximate surface area is 164 Å². The summed E-state index contributed by atoms with van der Waals surface area (Å²) in [5, 5.41) is 11.1. The van der Waals surface area contributed by atoms with E-state index in [2.05, 4.69) is 4.72 Å². The third-order valence-corrected chi connectivity index (χ3v) is 6.05. The van der Waals surface area contributed by atoms with Crippen LogP contribution in [0.25, 0.3) is 0 Å². The first kappa shape index (κ1) is 19.7. The molecule has 6 nitrogen and oxygen atoms in total. The number of nitrogens with zero attached hydrogens (tertiary/aromatic N) is 1. The number of hydrogen-bond acceptors (Lipinski definition) is 4. The molecule has 0 spiro atoms. The van der Waals surface area contributed by atoms with Gasteiger partial charge in [-0.25, -0.2) is 8.42 Å². The Morgan fingerprint density at radius 3 is 2.11 bits per heavy atom. The molecule has 0 radical (unpaired) electrons. The third kappa shape index (κ3) is 4.27. The summed E-state index contributed by atoms with van der Waals surface area (Å²) < 4.78 is 29.0. The topological polar surface area (TPSA) is 89.3 Å². The molecule has 3 aromatic rings. The van der Waals surface area contributed by atoms with Crippen LogP contribution in [0.5, 0.6) is 0 Å².